The van der Waals surface area contributed by atoms with Crippen LogP contribution in [-0.4, -0.2) is 74.2 Å². The van der Waals surface area contributed by atoms with Gasteiger partial charge in [0, 0.05) is 4.91 Å². The van der Waals surface area contributed by atoms with E-state index < -0.39 is 62.5 Å². The van der Waals surface area contributed by atoms with Crippen molar-refractivity contribution in [3.63, 3.8) is 0 Å². The number of hydrogen-bond donors (Lipinski definition) is 3. The van der Waals surface area contributed by atoms with Crippen LogP contribution >= 0.6 is 7.75 Å². The number of unbranched alkanes of at least 4 members (excludes halogenated alkanes) is 1. The standard InChI is InChI=1S/C29H42N9O8P/c1-7-8-14-20(19-12-10-9-11-13-19)46-47(41,35-18(4)26(40)44-17(2)3)43-15-21-23(39)29(5,36-37-31)27(45-21)38-16-32-22-24(38)33-28(30)34-25(22)42-6/h9-13,16-18,20-21,23,27,39H,7-8,14-15H2,1-6H3,(H,35,41)(H2,30,33,34)/t18-,20?,21+,23+,27+,29+,47?/m0/s1. The van der Waals surface area contributed by atoms with Crippen LogP contribution in [-0.2, 0) is 27.9 Å². The number of nitrogens with zero attached hydrogens (tertiary/aromatic N) is 7. The molecule has 4 N–H and O–H groups in total. The fourth-order valence-corrected chi connectivity index (χ4v) is 6.88. The number of methoxy groups -OCH3 is 1. The molecule has 1 fully saturated rings. The van der Waals surface area contributed by atoms with Gasteiger partial charge in [-0.05, 0) is 45.2 Å². The van der Waals surface area contributed by atoms with Gasteiger partial charge in [-0.2, -0.15) is 9.97 Å². The number of nitrogen functional groups attached to an aromatic ring is 1. The first-order valence-corrected chi connectivity index (χ1v) is 16.8. The molecule has 0 aliphatic carbocycles. The molecule has 1 aromatic carbocycles. The van der Waals surface area contributed by atoms with Crippen molar-refractivity contribution in [1.29, 1.82) is 0 Å². The fourth-order valence-electron chi connectivity index (χ4n) is 5.20. The molecule has 7 atom stereocenters. The maximum Gasteiger partial charge on any atom is 0.406 e. The lowest BCUT2D eigenvalue weighted by Gasteiger charge is -2.29. The summed E-state index contributed by atoms with van der Waals surface area (Å²) in [4.78, 5) is 28.2. The molecule has 1 aliphatic heterocycles. The van der Waals surface area contributed by atoms with Crippen LogP contribution in [0.3, 0.4) is 0 Å². The van der Waals surface area contributed by atoms with Crippen LogP contribution < -0.4 is 15.6 Å². The van der Waals surface area contributed by atoms with Gasteiger partial charge in [0.25, 0.3) is 0 Å². The number of anilines is 1. The number of fused-ring (bicyclic) bond motifs is 1. The lowest BCUT2D eigenvalue weighted by Crippen LogP contribution is -2.43. The van der Waals surface area contributed by atoms with Crippen molar-refractivity contribution in [2.24, 2.45) is 5.11 Å². The van der Waals surface area contributed by atoms with Crippen LogP contribution in [0.1, 0.15) is 71.8 Å². The molecule has 0 radical (unpaired) electrons. The molecule has 0 amide bonds. The fraction of sp³-hybridized carbons (Fsp3) is 0.586. The highest BCUT2D eigenvalue weighted by atomic mass is 31.2. The van der Waals surface area contributed by atoms with Crippen LogP contribution in [0.15, 0.2) is 41.8 Å². The lowest BCUT2D eigenvalue weighted by atomic mass is 9.93. The number of imidazole rings is 1. The summed E-state index contributed by atoms with van der Waals surface area (Å²) >= 11 is 0. The maximum atomic E-state index is 14.5. The molecule has 2 aromatic heterocycles. The van der Waals surface area contributed by atoms with E-state index in [9.17, 15) is 20.0 Å². The first-order chi connectivity index (χ1) is 22.4. The van der Waals surface area contributed by atoms with Gasteiger partial charge in [-0.1, -0.05) is 55.2 Å². The second-order valence-corrected chi connectivity index (χ2v) is 13.3. The Morgan fingerprint density at radius 3 is 2.66 bits per heavy atom. The predicted molar refractivity (Wildman–Crippen MR) is 171 cm³/mol. The molecule has 4 rings (SSSR count). The molecular formula is C29H42N9O8P. The van der Waals surface area contributed by atoms with Crippen LogP contribution in [0.5, 0.6) is 5.88 Å². The van der Waals surface area contributed by atoms with Crippen LogP contribution in [0, 0.1) is 0 Å². The number of esters is 1. The minimum absolute atomic E-state index is 0.106. The van der Waals surface area contributed by atoms with E-state index in [1.807, 2.05) is 37.3 Å². The molecule has 1 aliphatic rings. The van der Waals surface area contributed by atoms with E-state index in [1.165, 1.54) is 31.9 Å². The third-order valence-electron chi connectivity index (χ3n) is 7.59. The minimum Gasteiger partial charge on any atom is -0.479 e. The molecule has 3 aromatic rings. The normalized spacial score (nSPS) is 23.6. The third kappa shape index (κ3) is 8.19. The van der Waals surface area contributed by atoms with E-state index >= 15 is 0 Å². The summed E-state index contributed by atoms with van der Waals surface area (Å²) in [5.41, 5.74) is 14.9. The number of nitrogens with two attached hydrogens (primary N) is 1. The van der Waals surface area contributed by atoms with Gasteiger partial charge in [-0.15, -0.1) is 0 Å². The largest absolute Gasteiger partial charge is 0.479 e. The van der Waals surface area contributed by atoms with Gasteiger partial charge >= 0.3 is 13.7 Å². The molecule has 1 saturated heterocycles. The molecule has 256 valence electrons. The quantitative estimate of drug-likeness (QED) is 0.0612. The second-order valence-electron chi connectivity index (χ2n) is 11.6. The SMILES string of the molecule is CCCCC(OP(=O)(N[C@@H](C)C(=O)OC(C)C)OC[C@H]1O[C@@H](n2cnc3c(OC)nc(N)nc32)[C@](C)(N=[N+]=[N-])[C@@H]1O)c1ccccc1. The molecule has 3 heterocycles. The summed E-state index contributed by atoms with van der Waals surface area (Å²) in [7, 11) is -2.93. The summed E-state index contributed by atoms with van der Waals surface area (Å²) in [6, 6.07) is 8.15. The number of carbonyl (C=O) groups is 1. The molecule has 0 spiro atoms. The molecule has 0 saturated carbocycles. The maximum absolute atomic E-state index is 14.5. The highest BCUT2D eigenvalue weighted by Gasteiger charge is 2.55. The number of aliphatic hydroxyl groups is 1. The Balaban J connectivity index is 1.65. The predicted octanol–water partition coefficient (Wildman–Crippen LogP) is 4.75. The molecular weight excluding hydrogens is 633 g/mol. The molecule has 2 unspecified atom stereocenters. The number of aromatic nitrogens is 4. The summed E-state index contributed by atoms with van der Waals surface area (Å²) in [5, 5.41) is 18.0. The van der Waals surface area contributed by atoms with E-state index in [1.54, 1.807) is 13.8 Å². The summed E-state index contributed by atoms with van der Waals surface area (Å²) in [5.74, 6) is -0.653. The Bertz CT molecular complexity index is 1620. The van der Waals surface area contributed by atoms with E-state index in [-0.39, 0.29) is 23.0 Å². The summed E-state index contributed by atoms with van der Waals surface area (Å²) in [6.45, 7) is 7.90. The molecule has 47 heavy (non-hydrogen) atoms. The number of benzene rings is 1. The van der Waals surface area contributed by atoms with Crippen LogP contribution in [0.25, 0.3) is 21.6 Å². The van der Waals surface area contributed by atoms with Gasteiger partial charge in [0.2, 0.25) is 11.8 Å². The Hall–Kier alpha value is -3.82. The Morgan fingerprint density at radius 2 is 2.02 bits per heavy atom. The summed E-state index contributed by atoms with van der Waals surface area (Å²) in [6.07, 6.45) is -1.40. The highest BCUT2D eigenvalue weighted by Crippen LogP contribution is 2.51. The topological polar surface area (TPSA) is 231 Å². The van der Waals surface area contributed by atoms with Crippen LogP contribution in [0.4, 0.5) is 5.95 Å². The van der Waals surface area contributed by atoms with Crippen molar-refractivity contribution >= 4 is 30.8 Å². The van der Waals surface area contributed by atoms with Gasteiger partial charge in [0.15, 0.2) is 17.4 Å². The van der Waals surface area contributed by atoms with Crippen molar-refractivity contribution in [2.45, 2.75) is 96.1 Å². The van der Waals surface area contributed by atoms with Crippen molar-refractivity contribution in [1.82, 2.24) is 24.6 Å². The Labute approximate surface area is 272 Å². The average molecular weight is 676 g/mol. The first-order valence-electron chi connectivity index (χ1n) is 15.3. The van der Waals surface area contributed by atoms with Gasteiger partial charge in [-0.25, -0.2) is 14.6 Å². The minimum atomic E-state index is -4.33. The number of hydrogen-bond acceptors (Lipinski definition) is 13. The van der Waals surface area contributed by atoms with E-state index in [0.29, 0.717) is 6.42 Å². The monoisotopic (exact) mass is 675 g/mol. The second kappa shape index (κ2) is 15.4. The van der Waals surface area contributed by atoms with Crippen molar-refractivity contribution in [2.75, 3.05) is 19.5 Å². The zero-order chi connectivity index (χ0) is 34.4. The van der Waals surface area contributed by atoms with Gasteiger partial charge < -0.3 is 25.1 Å². The molecule has 18 heteroatoms. The van der Waals surface area contributed by atoms with Crippen molar-refractivity contribution < 1.29 is 37.7 Å². The van der Waals surface area contributed by atoms with Crippen LogP contribution in [0.2, 0.25) is 0 Å². The van der Waals surface area contributed by atoms with Gasteiger partial charge in [-0.3, -0.25) is 18.4 Å². The van der Waals surface area contributed by atoms with Crippen molar-refractivity contribution in [3.05, 3.63) is 52.7 Å². The number of aliphatic hydroxyl groups excluding tert-OH is 1. The average Bonchev–Trinajstić information content (AvgIpc) is 3.55. The number of azide groups is 1. The number of ether oxygens (including phenoxy) is 3. The number of rotatable bonds is 16. The van der Waals surface area contributed by atoms with Crippen molar-refractivity contribution in [3.8, 4) is 5.88 Å². The zero-order valence-electron chi connectivity index (χ0n) is 27.2. The van der Waals surface area contributed by atoms with Gasteiger partial charge in [0.1, 0.15) is 17.7 Å². The third-order valence-corrected chi connectivity index (χ3v) is 9.32. The number of nitrogens with one attached hydrogen (secondary N) is 1. The molecule has 17 nitrogen and oxygen atoms in total. The zero-order valence-corrected chi connectivity index (χ0v) is 28.1. The number of carbonyl (C=O) groups excluding carboxylic acids is 1. The van der Waals surface area contributed by atoms with E-state index in [2.05, 4.69) is 30.1 Å². The highest BCUT2D eigenvalue weighted by molar-refractivity contribution is 7.51. The molecule has 0 bridgehead atoms. The summed E-state index contributed by atoms with van der Waals surface area (Å²) < 4.78 is 44.8. The Morgan fingerprint density at radius 1 is 1.30 bits per heavy atom. The smallest absolute Gasteiger partial charge is 0.406 e. The van der Waals surface area contributed by atoms with Gasteiger partial charge in [0.05, 0.1) is 38.4 Å². The lowest BCUT2D eigenvalue weighted by molar-refractivity contribution is -0.149. The van der Waals surface area contributed by atoms with E-state index in [4.69, 9.17) is 29.0 Å². The van der Waals surface area contributed by atoms with E-state index in [0.717, 1.165) is 18.4 Å². The Kier molecular flexibility index (Phi) is 11.8. The first kappa shape index (κ1) is 36.0.